The molecule has 2 saturated carbocycles. The number of unbranched alkanes of at least 4 members (excludes halogenated alkanes) is 2. The molecule has 1 nitrogen and oxygen atoms in total. The standard InChI is InChI=1S/C31H39F5O/c1-2-3-4-5-22-6-8-23(9-7-22)24-10-12-25(13-11-24)26-14-16-28(17-15-26)31(35,36)37-29-20-18-27(19-21-29)30(32,33)34/h14-25H,2-13H2,1H3/t22-,23-,24?,25?. The third-order valence-corrected chi connectivity index (χ3v) is 8.69. The molecule has 4 rings (SSSR count). The summed E-state index contributed by atoms with van der Waals surface area (Å²) in [6, 6.07) is 9.59. The maximum atomic E-state index is 14.7. The number of rotatable bonds is 9. The fourth-order valence-electron chi connectivity index (χ4n) is 6.42. The number of halogens is 5. The fourth-order valence-corrected chi connectivity index (χ4v) is 6.42. The van der Waals surface area contributed by atoms with Gasteiger partial charge in [0, 0.05) is 0 Å². The summed E-state index contributed by atoms with van der Waals surface area (Å²) < 4.78 is 72.2. The summed E-state index contributed by atoms with van der Waals surface area (Å²) in [7, 11) is 0. The zero-order chi connectivity index (χ0) is 26.5. The minimum absolute atomic E-state index is 0.305. The molecule has 2 aliphatic rings. The summed E-state index contributed by atoms with van der Waals surface area (Å²) in [5.41, 5.74) is -0.134. The first-order valence-corrected chi connectivity index (χ1v) is 14.0. The van der Waals surface area contributed by atoms with Crippen LogP contribution in [0.1, 0.15) is 107 Å². The molecule has 0 spiro atoms. The number of ether oxygens (including phenoxy) is 1. The van der Waals surface area contributed by atoms with E-state index in [0.717, 1.165) is 60.4 Å². The van der Waals surface area contributed by atoms with Crippen LogP contribution in [-0.2, 0) is 12.3 Å². The topological polar surface area (TPSA) is 9.23 Å². The van der Waals surface area contributed by atoms with Crippen LogP contribution < -0.4 is 4.74 Å². The Hall–Kier alpha value is -2.11. The Labute approximate surface area is 217 Å². The normalized spacial score (nSPS) is 25.1. The third-order valence-electron chi connectivity index (χ3n) is 8.69. The van der Waals surface area contributed by atoms with Crippen LogP contribution >= 0.6 is 0 Å². The van der Waals surface area contributed by atoms with Crippen LogP contribution in [0.25, 0.3) is 0 Å². The number of alkyl halides is 5. The van der Waals surface area contributed by atoms with Gasteiger partial charge >= 0.3 is 12.3 Å². The number of hydrogen-bond acceptors (Lipinski definition) is 1. The van der Waals surface area contributed by atoms with E-state index in [1.807, 2.05) is 0 Å². The number of benzene rings is 2. The van der Waals surface area contributed by atoms with Crippen molar-refractivity contribution < 1.29 is 26.7 Å². The molecule has 6 heteroatoms. The van der Waals surface area contributed by atoms with Crippen LogP contribution in [0, 0.1) is 17.8 Å². The highest BCUT2D eigenvalue weighted by Crippen LogP contribution is 2.45. The van der Waals surface area contributed by atoms with Crippen LogP contribution in [0.2, 0.25) is 0 Å². The minimum atomic E-state index is -4.52. The zero-order valence-electron chi connectivity index (χ0n) is 21.7. The Balaban J connectivity index is 1.26. The third kappa shape index (κ3) is 7.48. The second-order valence-corrected chi connectivity index (χ2v) is 11.2. The molecular formula is C31H39F5O. The van der Waals surface area contributed by atoms with Crippen LogP contribution in [0.4, 0.5) is 22.0 Å². The minimum Gasteiger partial charge on any atom is -0.429 e. The second kappa shape index (κ2) is 12.2. The molecule has 2 fully saturated rings. The van der Waals surface area contributed by atoms with E-state index in [9.17, 15) is 22.0 Å². The molecule has 0 atom stereocenters. The van der Waals surface area contributed by atoms with E-state index in [0.29, 0.717) is 5.92 Å². The van der Waals surface area contributed by atoms with Crippen LogP contribution in [0.15, 0.2) is 48.5 Å². The van der Waals surface area contributed by atoms with Crippen molar-refractivity contribution in [3.05, 3.63) is 65.2 Å². The van der Waals surface area contributed by atoms with Crippen molar-refractivity contribution in [2.45, 2.75) is 102 Å². The highest BCUT2D eigenvalue weighted by molar-refractivity contribution is 5.31. The van der Waals surface area contributed by atoms with Crippen molar-refractivity contribution in [3.63, 3.8) is 0 Å². The Morgan fingerprint density at radius 2 is 1.22 bits per heavy atom. The van der Waals surface area contributed by atoms with E-state index in [-0.39, 0.29) is 11.3 Å². The quantitative estimate of drug-likeness (QED) is 0.235. The predicted octanol–water partition coefficient (Wildman–Crippen LogP) is 10.5. The molecule has 37 heavy (non-hydrogen) atoms. The molecule has 0 N–H and O–H groups in total. The van der Waals surface area contributed by atoms with E-state index >= 15 is 0 Å². The van der Waals surface area contributed by atoms with E-state index in [1.165, 1.54) is 76.3 Å². The number of hydrogen-bond donors (Lipinski definition) is 0. The molecule has 0 radical (unpaired) electrons. The van der Waals surface area contributed by atoms with E-state index < -0.39 is 17.8 Å². The van der Waals surface area contributed by atoms with Crippen LogP contribution in [0.5, 0.6) is 5.75 Å². The van der Waals surface area contributed by atoms with E-state index in [2.05, 4.69) is 6.92 Å². The average Bonchev–Trinajstić information content (AvgIpc) is 2.89. The summed E-state index contributed by atoms with van der Waals surface area (Å²) >= 11 is 0. The Bertz CT molecular complexity index is 951. The highest BCUT2D eigenvalue weighted by Gasteiger charge is 2.36. The monoisotopic (exact) mass is 522 g/mol. The van der Waals surface area contributed by atoms with Crippen LogP contribution in [-0.4, -0.2) is 0 Å². The first-order chi connectivity index (χ1) is 17.7. The smallest absolute Gasteiger partial charge is 0.426 e. The van der Waals surface area contributed by atoms with Crippen molar-refractivity contribution in [1.82, 2.24) is 0 Å². The lowest BCUT2D eigenvalue weighted by Gasteiger charge is -2.38. The van der Waals surface area contributed by atoms with Crippen LogP contribution in [0.3, 0.4) is 0 Å². The van der Waals surface area contributed by atoms with Gasteiger partial charge in [-0.15, -0.1) is 0 Å². The van der Waals surface area contributed by atoms with E-state index in [1.54, 1.807) is 12.1 Å². The van der Waals surface area contributed by atoms with Gasteiger partial charge in [-0.3, -0.25) is 0 Å². The largest absolute Gasteiger partial charge is 0.429 e. The molecule has 0 bridgehead atoms. The van der Waals surface area contributed by atoms with Gasteiger partial charge in [0.1, 0.15) is 5.75 Å². The van der Waals surface area contributed by atoms with Crippen molar-refractivity contribution in [1.29, 1.82) is 0 Å². The molecule has 0 heterocycles. The van der Waals surface area contributed by atoms with Gasteiger partial charge in [-0.2, -0.15) is 22.0 Å². The zero-order valence-corrected chi connectivity index (χ0v) is 21.7. The first kappa shape index (κ1) is 27.9. The lowest BCUT2D eigenvalue weighted by Crippen LogP contribution is -2.25. The second-order valence-electron chi connectivity index (χ2n) is 11.2. The summed E-state index contributed by atoms with van der Waals surface area (Å²) in [4.78, 5) is 0. The predicted molar refractivity (Wildman–Crippen MR) is 137 cm³/mol. The van der Waals surface area contributed by atoms with Crippen molar-refractivity contribution in [2.75, 3.05) is 0 Å². The van der Waals surface area contributed by atoms with Gasteiger partial charge in [0.15, 0.2) is 0 Å². The lowest BCUT2D eigenvalue weighted by atomic mass is 9.68. The van der Waals surface area contributed by atoms with Gasteiger partial charge in [-0.05, 0) is 104 Å². The van der Waals surface area contributed by atoms with Gasteiger partial charge in [-0.25, -0.2) is 0 Å². The lowest BCUT2D eigenvalue weighted by molar-refractivity contribution is -0.185. The molecule has 2 aromatic rings. The molecule has 0 amide bonds. The highest BCUT2D eigenvalue weighted by atomic mass is 19.4. The Morgan fingerprint density at radius 1 is 0.676 bits per heavy atom. The van der Waals surface area contributed by atoms with Gasteiger partial charge < -0.3 is 4.74 Å². The molecule has 0 unspecified atom stereocenters. The Morgan fingerprint density at radius 3 is 1.76 bits per heavy atom. The molecule has 2 aromatic carbocycles. The van der Waals surface area contributed by atoms with Crippen molar-refractivity contribution in [3.8, 4) is 5.75 Å². The van der Waals surface area contributed by atoms with Gasteiger partial charge in [0.25, 0.3) is 0 Å². The maximum Gasteiger partial charge on any atom is 0.426 e. The maximum absolute atomic E-state index is 14.7. The molecule has 2 aliphatic carbocycles. The summed E-state index contributed by atoms with van der Waals surface area (Å²) in [5, 5.41) is 0. The summed E-state index contributed by atoms with van der Waals surface area (Å²) in [6.45, 7) is 2.26. The average molecular weight is 523 g/mol. The molecule has 0 aromatic heterocycles. The van der Waals surface area contributed by atoms with Crippen molar-refractivity contribution >= 4 is 0 Å². The first-order valence-electron chi connectivity index (χ1n) is 14.0. The molecule has 0 aliphatic heterocycles. The summed E-state index contributed by atoms with van der Waals surface area (Å²) in [6.07, 6.45) is 7.40. The summed E-state index contributed by atoms with van der Waals surface area (Å²) in [5.74, 6) is 2.66. The molecule has 204 valence electrons. The SMILES string of the molecule is CCCCC[C@H]1CC[C@H](C2CCC(c3ccc(C(F)(F)Oc4ccc(C(F)(F)F)cc4)cc3)CC2)CC1. The fraction of sp³-hybridized carbons (Fsp3) is 0.613. The Kier molecular flexibility index (Phi) is 9.18. The van der Waals surface area contributed by atoms with Gasteiger partial charge in [0.05, 0.1) is 11.1 Å². The van der Waals surface area contributed by atoms with E-state index in [4.69, 9.17) is 4.74 Å². The molecule has 0 saturated heterocycles. The van der Waals surface area contributed by atoms with Gasteiger partial charge in [0.2, 0.25) is 0 Å². The van der Waals surface area contributed by atoms with Gasteiger partial charge in [-0.1, -0.05) is 57.6 Å². The molecular weight excluding hydrogens is 483 g/mol. The van der Waals surface area contributed by atoms with Crippen molar-refractivity contribution in [2.24, 2.45) is 17.8 Å².